The standard InChI is InChI=1S/C21H19ClN2O/c1-23-11-9-15(10-12-23)19-14-24(20-8-7-17(22)13-18(19)20)21(25)16-5-3-2-4-6-16/h2-9,13-14H,10-12H2,1H3. The fourth-order valence-electron chi connectivity index (χ4n) is 3.36. The van der Waals surface area contributed by atoms with Gasteiger partial charge in [-0.1, -0.05) is 35.9 Å². The number of halogens is 1. The second kappa shape index (κ2) is 6.51. The van der Waals surface area contributed by atoms with Crippen LogP contribution in [0.3, 0.4) is 0 Å². The molecular weight excluding hydrogens is 332 g/mol. The average Bonchev–Trinajstić information content (AvgIpc) is 3.01. The normalized spacial score (nSPS) is 15.4. The third-order valence-corrected chi connectivity index (χ3v) is 5.00. The van der Waals surface area contributed by atoms with Gasteiger partial charge >= 0.3 is 0 Å². The third kappa shape index (κ3) is 3.01. The first kappa shape index (κ1) is 16.1. The van der Waals surface area contributed by atoms with E-state index in [0.29, 0.717) is 10.6 Å². The van der Waals surface area contributed by atoms with E-state index in [9.17, 15) is 4.79 Å². The summed E-state index contributed by atoms with van der Waals surface area (Å²) in [6.07, 6.45) is 5.19. The largest absolute Gasteiger partial charge is 0.302 e. The minimum atomic E-state index is -0.0206. The predicted octanol–water partition coefficient (Wildman–Crippen LogP) is 4.70. The van der Waals surface area contributed by atoms with Gasteiger partial charge < -0.3 is 4.90 Å². The van der Waals surface area contributed by atoms with Gasteiger partial charge in [-0.15, -0.1) is 0 Å². The first-order valence-electron chi connectivity index (χ1n) is 8.42. The molecule has 0 amide bonds. The zero-order chi connectivity index (χ0) is 17.4. The molecule has 0 unspecified atom stereocenters. The highest BCUT2D eigenvalue weighted by atomic mass is 35.5. The van der Waals surface area contributed by atoms with Crippen LogP contribution in [0.25, 0.3) is 16.5 Å². The molecule has 0 atom stereocenters. The molecule has 0 spiro atoms. The summed E-state index contributed by atoms with van der Waals surface area (Å²) in [4.78, 5) is 15.3. The van der Waals surface area contributed by atoms with Crippen LogP contribution in [-0.4, -0.2) is 35.5 Å². The van der Waals surface area contributed by atoms with E-state index >= 15 is 0 Å². The molecule has 0 saturated carbocycles. The van der Waals surface area contributed by atoms with Gasteiger partial charge in [0.25, 0.3) is 5.91 Å². The molecule has 3 nitrogen and oxygen atoms in total. The number of aromatic nitrogens is 1. The molecule has 126 valence electrons. The predicted molar refractivity (Wildman–Crippen MR) is 103 cm³/mol. The van der Waals surface area contributed by atoms with E-state index in [1.807, 2.05) is 54.7 Å². The zero-order valence-electron chi connectivity index (χ0n) is 14.1. The fourth-order valence-corrected chi connectivity index (χ4v) is 3.53. The highest BCUT2D eigenvalue weighted by Gasteiger charge is 2.19. The molecule has 0 N–H and O–H groups in total. The van der Waals surface area contributed by atoms with Gasteiger partial charge in [-0.2, -0.15) is 0 Å². The highest BCUT2D eigenvalue weighted by molar-refractivity contribution is 6.31. The summed E-state index contributed by atoms with van der Waals surface area (Å²) in [5.74, 6) is -0.0206. The van der Waals surface area contributed by atoms with Crippen LogP contribution in [0.15, 0.2) is 60.8 Å². The lowest BCUT2D eigenvalue weighted by Gasteiger charge is -2.21. The summed E-state index contributed by atoms with van der Waals surface area (Å²) in [5.41, 5.74) is 3.96. The Bertz CT molecular complexity index is 972. The van der Waals surface area contributed by atoms with Gasteiger partial charge in [0.15, 0.2) is 0 Å². The molecule has 0 bridgehead atoms. The maximum absolute atomic E-state index is 13.0. The van der Waals surface area contributed by atoms with Gasteiger partial charge in [0.2, 0.25) is 0 Å². The van der Waals surface area contributed by atoms with Gasteiger partial charge in [-0.3, -0.25) is 9.36 Å². The molecule has 25 heavy (non-hydrogen) atoms. The summed E-state index contributed by atoms with van der Waals surface area (Å²) in [6.45, 7) is 1.95. The first-order valence-corrected chi connectivity index (χ1v) is 8.79. The number of hydrogen-bond donors (Lipinski definition) is 0. The number of nitrogens with zero attached hydrogens (tertiary/aromatic N) is 2. The Morgan fingerprint density at radius 1 is 1.12 bits per heavy atom. The van der Waals surface area contributed by atoms with Crippen molar-refractivity contribution < 1.29 is 4.79 Å². The van der Waals surface area contributed by atoms with Crippen molar-refractivity contribution >= 4 is 34.0 Å². The van der Waals surface area contributed by atoms with E-state index in [2.05, 4.69) is 18.0 Å². The van der Waals surface area contributed by atoms with E-state index in [-0.39, 0.29) is 5.91 Å². The van der Waals surface area contributed by atoms with Gasteiger partial charge in [0.1, 0.15) is 0 Å². The smallest absolute Gasteiger partial charge is 0.262 e. The van der Waals surface area contributed by atoms with Crippen molar-refractivity contribution in [1.82, 2.24) is 9.47 Å². The van der Waals surface area contributed by atoms with E-state index < -0.39 is 0 Å². The van der Waals surface area contributed by atoms with E-state index in [0.717, 1.165) is 36.0 Å². The summed E-state index contributed by atoms with van der Waals surface area (Å²) in [7, 11) is 2.12. The number of rotatable bonds is 2. The van der Waals surface area contributed by atoms with Crippen molar-refractivity contribution in [1.29, 1.82) is 0 Å². The maximum atomic E-state index is 13.0. The van der Waals surface area contributed by atoms with Crippen LogP contribution in [0.5, 0.6) is 0 Å². The molecule has 2 aromatic carbocycles. The monoisotopic (exact) mass is 350 g/mol. The molecule has 0 aliphatic carbocycles. The minimum Gasteiger partial charge on any atom is -0.302 e. The Hall–Kier alpha value is -2.36. The van der Waals surface area contributed by atoms with Crippen LogP contribution in [0, 0.1) is 0 Å². The molecule has 3 aromatic rings. The second-order valence-corrected chi connectivity index (χ2v) is 6.92. The Morgan fingerprint density at radius 3 is 2.64 bits per heavy atom. The van der Waals surface area contributed by atoms with Crippen molar-refractivity contribution in [3.8, 4) is 0 Å². The van der Waals surface area contributed by atoms with Crippen molar-refractivity contribution in [2.45, 2.75) is 6.42 Å². The fraction of sp³-hybridized carbons (Fsp3) is 0.190. The topological polar surface area (TPSA) is 25.2 Å². The van der Waals surface area contributed by atoms with Gasteiger partial charge in [0, 0.05) is 40.8 Å². The van der Waals surface area contributed by atoms with E-state index in [1.165, 1.54) is 5.57 Å². The van der Waals surface area contributed by atoms with E-state index in [4.69, 9.17) is 11.6 Å². The molecule has 1 aliphatic rings. The SMILES string of the molecule is CN1CC=C(c2cn(C(=O)c3ccccc3)c3ccc(Cl)cc23)CC1. The molecule has 0 radical (unpaired) electrons. The summed E-state index contributed by atoms with van der Waals surface area (Å²) in [6, 6.07) is 15.1. The highest BCUT2D eigenvalue weighted by Crippen LogP contribution is 2.33. The minimum absolute atomic E-state index is 0.0206. The molecule has 2 heterocycles. The number of carbonyl (C=O) groups is 1. The lowest BCUT2D eigenvalue weighted by atomic mass is 9.99. The molecule has 1 aromatic heterocycles. The molecular formula is C21H19ClN2O. The Balaban J connectivity index is 1.87. The number of likely N-dealkylation sites (N-methyl/N-ethyl adjacent to an activating group) is 1. The van der Waals surface area contributed by atoms with Crippen LogP contribution < -0.4 is 0 Å². The molecule has 0 fully saturated rings. The van der Waals surface area contributed by atoms with Gasteiger partial charge in [-0.25, -0.2) is 0 Å². The van der Waals surface area contributed by atoms with Gasteiger partial charge in [0.05, 0.1) is 5.52 Å². The zero-order valence-corrected chi connectivity index (χ0v) is 14.8. The Labute approximate surface area is 152 Å². The van der Waals surface area contributed by atoms with Crippen LogP contribution in [-0.2, 0) is 0 Å². The first-order chi connectivity index (χ1) is 12.1. The van der Waals surface area contributed by atoms with E-state index in [1.54, 1.807) is 4.57 Å². The lowest BCUT2D eigenvalue weighted by molar-refractivity contribution is 0.0965. The molecule has 1 aliphatic heterocycles. The average molecular weight is 351 g/mol. The Morgan fingerprint density at radius 2 is 1.92 bits per heavy atom. The maximum Gasteiger partial charge on any atom is 0.262 e. The number of hydrogen-bond acceptors (Lipinski definition) is 2. The van der Waals surface area contributed by atoms with Crippen molar-refractivity contribution in [2.24, 2.45) is 0 Å². The second-order valence-electron chi connectivity index (χ2n) is 6.49. The van der Waals surface area contributed by atoms with Gasteiger partial charge in [-0.05, 0) is 49.4 Å². The number of carbonyl (C=O) groups excluding carboxylic acids is 1. The van der Waals surface area contributed by atoms with Crippen LogP contribution in [0.1, 0.15) is 22.3 Å². The number of benzene rings is 2. The Kier molecular flexibility index (Phi) is 4.20. The van der Waals surface area contributed by atoms with Crippen molar-refractivity contribution in [2.75, 3.05) is 20.1 Å². The van der Waals surface area contributed by atoms with Crippen LogP contribution in [0.2, 0.25) is 5.02 Å². The molecule has 0 saturated heterocycles. The summed E-state index contributed by atoms with van der Waals surface area (Å²) >= 11 is 6.24. The van der Waals surface area contributed by atoms with Crippen molar-refractivity contribution in [3.05, 3.63) is 77.0 Å². The molecule has 4 heteroatoms. The number of fused-ring (bicyclic) bond motifs is 1. The quantitative estimate of drug-likeness (QED) is 0.669. The van der Waals surface area contributed by atoms with Crippen molar-refractivity contribution in [3.63, 3.8) is 0 Å². The molecule has 4 rings (SSSR count). The summed E-state index contributed by atoms with van der Waals surface area (Å²) in [5, 5.41) is 1.72. The summed E-state index contributed by atoms with van der Waals surface area (Å²) < 4.78 is 1.75. The third-order valence-electron chi connectivity index (χ3n) is 4.76. The van der Waals surface area contributed by atoms with Crippen LogP contribution in [0.4, 0.5) is 0 Å². The lowest BCUT2D eigenvalue weighted by Crippen LogP contribution is -2.23. The van der Waals surface area contributed by atoms with Crippen LogP contribution >= 0.6 is 11.6 Å².